The van der Waals surface area contributed by atoms with Crippen molar-refractivity contribution in [2.24, 2.45) is 10.8 Å². The topological polar surface area (TPSA) is 196 Å². The van der Waals surface area contributed by atoms with Gasteiger partial charge in [0.05, 0.1) is 22.2 Å². The fourth-order valence-electron chi connectivity index (χ4n) is 10.9. The number of alkyl halides is 2. The van der Waals surface area contributed by atoms with Crippen LogP contribution in [0.5, 0.6) is 11.5 Å². The lowest BCUT2D eigenvalue weighted by Gasteiger charge is -2.69. The Kier molecular flexibility index (Phi) is 10.3. The largest absolute Gasteiger partial charge is 0.507 e. The van der Waals surface area contributed by atoms with Gasteiger partial charge in [-0.15, -0.1) is 23.2 Å². The molecule has 4 fully saturated rings. The number of hydrogen-bond acceptors (Lipinski definition) is 12. The highest BCUT2D eigenvalue weighted by molar-refractivity contribution is 6.20. The highest BCUT2D eigenvalue weighted by Gasteiger charge is 2.76. The number of halogens is 2. The van der Waals surface area contributed by atoms with Gasteiger partial charge in [-0.25, -0.2) is 4.79 Å². The number of carbonyl (C=O) groups is 6. The number of carboxylic acids is 1. The Hall–Kier alpha value is -5.64. The van der Waals surface area contributed by atoms with Gasteiger partial charge in [-0.05, 0) is 41.2 Å². The molecule has 3 aliphatic carbocycles. The normalized spacial score (nSPS) is 30.1. The smallest absolute Gasteiger partial charge is 0.337 e. The third-order valence-electron chi connectivity index (χ3n) is 13.3. The number of esters is 3. The van der Waals surface area contributed by atoms with Crippen LogP contribution in [0.3, 0.4) is 0 Å². The van der Waals surface area contributed by atoms with Gasteiger partial charge >= 0.3 is 23.9 Å². The summed E-state index contributed by atoms with van der Waals surface area (Å²) in [5.74, 6) is -6.51. The predicted molar refractivity (Wildman–Crippen MR) is 228 cm³/mol. The summed E-state index contributed by atoms with van der Waals surface area (Å²) in [7, 11) is 0. The second kappa shape index (κ2) is 15.3. The second-order valence-electron chi connectivity index (χ2n) is 17.5. The predicted octanol–water partition coefficient (Wildman–Crippen LogP) is 6.28. The van der Waals surface area contributed by atoms with E-state index < -0.39 is 64.9 Å². The Morgan fingerprint density at radius 2 is 1.16 bits per heavy atom. The number of anilines is 2. The SMILES string of the molecule is CC(=O)O[C@H]1[C@H](OC(C)=O)[C@@H](OC(C)=O)[C@](C)(Oc2cc3c(c4ccccc24)[C@H](CCl)CN3C(=O)C23CC(C(=O)N4C[C@@H](CCl)c5c4cc(O)c4ccccc54)(C2)C3)O[C@@H]1C(=O)O. The number of amides is 2. The zero-order valence-corrected chi connectivity index (χ0v) is 36.2. The summed E-state index contributed by atoms with van der Waals surface area (Å²) in [6.07, 6.45) is -6.05. The molecule has 15 nitrogen and oxygen atoms in total. The highest BCUT2D eigenvalue weighted by Crippen LogP contribution is 2.75. The van der Waals surface area contributed by atoms with Crippen molar-refractivity contribution in [1.29, 1.82) is 0 Å². The van der Waals surface area contributed by atoms with Crippen molar-refractivity contribution in [3.05, 3.63) is 71.8 Å². The molecule has 1 saturated heterocycles. The summed E-state index contributed by atoms with van der Waals surface area (Å²) in [5, 5.41) is 24.0. The molecule has 0 unspecified atom stereocenters. The van der Waals surface area contributed by atoms with E-state index in [1.165, 1.54) is 6.92 Å². The Morgan fingerprint density at radius 1 is 0.698 bits per heavy atom. The third-order valence-corrected chi connectivity index (χ3v) is 14.1. The van der Waals surface area contributed by atoms with Gasteiger partial charge in [-0.2, -0.15) is 0 Å². The van der Waals surface area contributed by atoms with Crippen molar-refractivity contribution < 1.29 is 62.7 Å². The van der Waals surface area contributed by atoms with Crippen LogP contribution in [0.15, 0.2) is 60.7 Å². The number of phenols is 1. The maximum absolute atomic E-state index is 14.9. The number of nitrogens with zero attached hydrogens (tertiary/aromatic N) is 2. The zero-order chi connectivity index (χ0) is 44.9. The van der Waals surface area contributed by atoms with Crippen molar-refractivity contribution in [3.63, 3.8) is 0 Å². The number of carbonyl (C=O) groups excluding carboxylic acids is 5. The molecule has 2 bridgehead atoms. The Labute approximate surface area is 371 Å². The highest BCUT2D eigenvalue weighted by atomic mass is 35.5. The number of aromatic hydroxyl groups is 1. The molecule has 7 atom stereocenters. The van der Waals surface area contributed by atoms with E-state index >= 15 is 0 Å². The number of carboxylic acid groups (broad SMARTS) is 1. The average Bonchev–Trinajstić information content (AvgIpc) is 3.77. The monoisotopic (exact) mass is 902 g/mol. The number of benzene rings is 4. The van der Waals surface area contributed by atoms with Crippen LogP contribution in [0.4, 0.5) is 11.4 Å². The standard InChI is InChI=1S/C46H44Cl2N2O13/c1-22(51)59-37-38(60-23(2)52)40(61-24(3)53)44(4,63-39(37)41(55)56)62-34-14-32-36(30-12-8-6-10-28(30)34)26(16-48)18-50(32)43(58)46-19-45(20-46,21-46)42(57)49-17-25(15-47)35-29-11-7-5-9-27(29)33(54)13-31(35)49/h5-14,25-26,37-40,54H,15-21H2,1-4H3,(H,55,56)/t25-,26-,37+,38+,39+,40-,44-,45?,46?/m1/s1. The molecule has 0 radical (unpaired) electrons. The molecule has 3 heterocycles. The van der Waals surface area contributed by atoms with Crippen LogP contribution in [0.25, 0.3) is 21.5 Å². The molecule has 4 aromatic rings. The van der Waals surface area contributed by atoms with E-state index in [1.807, 2.05) is 36.4 Å². The summed E-state index contributed by atoms with van der Waals surface area (Å²) in [6, 6.07) is 17.9. The van der Waals surface area contributed by atoms with Gasteiger partial charge in [-0.3, -0.25) is 24.0 Å². The van der Waals surface area contributed by atoms with Crippen molar-refractivity contribution in [3.8, 4) is 11.5 Å². The van der Waals surface area contributed by atoms with E-state index in [0.717, 1.165) is 37.3 Å². The molecule has 4 aromatic carbocycles. The summed E-state index contributed by atoms with van der Waals surface area (Å²) >= 11 is 13.1. The van der Waals surface area contributed by atoms with Crippen molar-refractivity contribution in [1.82, 2.24) is 0 Å². The van der Waals surface area contributed by atoms with E-state index in [9.17, 15) is 39.0 Å². The van der Waals surface area contributed by atoms with Crippen LogP contribution in [-0.2, 0) is 47.7 Å². The lowest BCUT2D eigenvalue weighted by atomic mass is 9.34. The zero-order valence-electron chi connectivity index (χ0n) is 34.7. The molecule has 330 valence electrons. The van der Waals surface area contributed by atoms with Crippen LogP contribution < -0.4 is 14.5 Å². The second-order valence-corrected chi connectivity index (χ2v) is 18.1. The van der Waals surface area contributed by atoms with Crippen LogP contribution in [0.2, 0.25) is 0 Å². The first-order valence-electron chi connectivity index (χ1n) is 20.6. The minimum absolute atomic E-state index is 0.0714. The molecule has 10 rings (SSSR count). The fraction of sp³-hybridized carbons (Fsp3) is 0.435. The van der Waals surface area contributed by atoms with E-state index in [2.05, 4.69) is 0 Å². The molecule has 2 amide bonds. The molecule has 0 spiro atoms. The van der Waals surface area contributed by atoms with Gasteiger partial charge in [0.15, 0.2) is 18.3 Å². The van der Waals surface area contributed by atoms with Gasteiger partial charge in [0.2, 0.25) is 23.7 Å². The van der Waals surface area contributed by atoms with Crippen molar-refractivity contribution >= 4 is 91.8 Å². The number of aliphatic carboxylic acids is 1. The molecular formula is C46H44Cl2N2O13. The summed E-state index contributed by atoms with van der Waals surface area (Å²) in [4.78, 5) is 82.7. The quantitative estimate of drug-likeness (QED) is 0.103. The molecule has 63 heavy (non-hydrogen) atoms. The van der Waals surface area contributed by atoms with E-state index in [-0.39, 0.29) is 53.5 Å². The van der Waals surface area contributed by atoms with Crippen LogP contribution >= 0.6 is 23.2 Å². The Balaban J connectivity index is 1.04. The molecule has 3 saturated carbocycles. The minimum Gasteiger partial charge on any atom is -0.507 e. The lowest BCUT2D eigenvalue weighted by Crippen LogP contribution is -2.73. The van der Waals surface area contributed by atoms with E-state index in [4.69, 9.17) is 46.9 Å². The van der Waals surface area contributed by atoms with Crippen molar-refractivity contribution in [2.45, 2.75) is 89.0 Å². The van der Waals surface area contributed by atoms with E-state index in [1.54, 1.807) is 34.1 Å². The van der Waals surface area contributed by atoms with Gasteiger partial charge < -0.3 is 43.7 Å². The van der Waals surface area contributed by atoms with Crippen LogP contribution in [0.1, 0.15) is 69.9 Å². The third kappa shape index (κ3) is 6.64. The van der Waals surface area contributed by atoms with Gasteiger partial charge in [-0.1, -0.05) is 48.5 Å². The van der Waals surface area contributed by atoms with Crippen molar-refractivity contribution in [2.75, 3.05) is 34.6 Å². The Bertz CT molecular complexity index is 2630. The number of fused-ring (bicyclic) bond motifs is 6. The molecule has 3 aliphatic heterocycles. The fourth-order valence-corrected chi connectivity index (χ4v) is 11.4. The number of hydrogen-bond donors (Lipinski definition) is 2. The first-order chi connectivity index (χ1) is 29.9. The van der Waals surface area contributed by atoms with Crippen LogP contribution in [0, 0.1) is 10.8 Å². The maximum atomic E-state index is 14.9. The Morgan fingerprint density at radius 3 is 1.65 bits per heavy atom. The van der Waals surface area contributed by atoms with Gasteiger partial charge in [0, 0.05) is 87.3 Å². The summed E-state index contributed by atoms with van der Waals surface area (Å²) in [6.45, 7) is 5.10. The number of phenolic OH excluding ortho intramolecular Hbond substituents is 1. The summed E-state index contributed by atoms with van der Waals surface area (Å²) < 4.78 is 29.1. The summed E-state index contributed by atoms with van der Waals surface area (Å²) in [5.41, 5.74) is 1.24. The van der Waals surface area contributed by atoms with Crippen LogP contribution in [-0.4, -0.2) is 101 Å². The lowest BCUT2D eigenvalue weighted by molar-refractivity contribution is -0.326. The molecule has 17 heteroatoms. The molecular weight excluding hydrogens is 859 g/mol. The van der Waals surface area contributed by atoms with E-state index in [0.29, 0.717) is 53.3 Å². The minimum atomic E-state index is -2.19. The maximum Gasteiger partial charge on any atom is 0.337 e. The van der Waals surface area contributed by atoms with Gasteiger partial charge in [0.1, 0.15) is 11.5 Å². The average molecular weight is 904 g/mol. The molecule has 6 aliphatic rings. The first kappa shape index (κ1) is 42.7. The molecule has 0 aromatic heterocycles. The van der Waals surface area contributed by atoms with Gasteiger partial charge in [0.25, 0.3) is 0 Å². The molecule has 2 N–H and O–H groups in total. The number of ether oxygens (including phenoxy) is 5. The first-order valence-corrected chi connectivity index (χ1v) is 21.7. The number of rotatable bonds is 10.